The molecule has 1 unspecified atom stereocenters. The molecule has 3 heterocycles. The summed E-state index contributed by atoms with van der Waals surface area (Å²) >= 11 is 6.56. The molecule has 1 atom stereocenters. The first-order valence-corrected chi connectivity index (χ1v) is 12.9. The number of fused-ring (bicyclic) bond motifs is 1. The lowest BCUT2D eigenvalue weighted by Crippen LogP contribution is -2.61. The number of hydrogen-bond donors (Lipinski definition) is 1. The zero-order chi connectivity index (χ0) is 27.2. The van der Waals surface area contributed by atoms with Crippen molar-refractivity contribution in [2.24, 2.45) is 7.05 Å². The van der Waals surface area contributed by atoms with Gasteiger partial charge in [0.25, 0.3) is 0 Å². The summed E-state index contributed by atoms with van der Waals surface area (Å²) < 4.78 is 22.6. The van der Waals surface area contributed by atoms with Crippen LogP contribution < -0.4 is 10.1 Å². The van der Waals surface area contributed by atoms with Crippen LogP contribution in [-0.4, -0.2) is 49.2 Å². The second-order valence-corrected chi connectivity index (χ2v) is 10.5. The fourth-order valence-electron chi connectivity index (χ4n) is 5.05. The molecule has 1 saturated heterocycles. The maximum Gasteiger partial charge on any atom is 0.242 e. The number of hydrogen-bond acceptors (Lipinski definition) is 6. The second kappa shape index (κ2) is 9.96. The Morgan fingerprint density at radius 2 is 2.05 bits per heavy atom. The van der Waals surface area contributed by atoms with Crippen LogP contribution in [0.1, 0.15) is 43.6 Å². The van der Waals surface area contributed by atoms with Gasteiger partial charge in [-0.3, -0.25) is 4.79 Å². The van der Waals surface area contributed by atoms with E-state index in [2.05, 4.69) is 15.4 Å². The van der Waals surface area contributed by atoms with Gasteiger partial charge in [-0.15, -0.1) is 0 Å². The van der Waals surface area contributed by atoms with Crippen LogP contribution in [-0.2, 0) is 18.4 Å². The van der Waals surface area contributed by atoms with E-state index < -0.39 is 17.4 Å². The summed E-state index contributed by atoms with van der Waals surface area (Å²) in [6.07, 6.45) is 1.51. The Hall–Kier alpha value is -3.56. The average Bonchev–Trinajstić information content (AvgIpc) is 3.29. The highest BCUT2D eigenvalue weighted by Crippen LogP contribution is 2.35. The molecule has 0 bridgehead atoms. The normalized spacial score (nSPS) is 16.2. The van der Waals surface area contributed by atoms with Crippen molar-refractivity contribution in [3.63, 3.8) is 0 Å². The molecular weight excluding hydrogens is 507 g/mol. The SMILES string of the molecule is Cc1cc(-c2ncnn2C)c2cccc(OCc3c(Cl)cc(F)cc3C(C)N3CCNC(C)(C)C3=O)c2n1. The van der Waals surface area contributed by atoms with Gasteiger partial charge in [-0.25, -0.2) is 19.0 Å². The van der Waals surface area contributed by atoms with Crippen molar-refractivity contribution >= 4 is 28.4 Å². The van der Waals surface area contributed by atoms with Crippen molar-refractivity contribution in [2.45, 2.75) is 45.9 Å². The quantitative estimate of drug-likeness (QED) is 0.374. The zero-order valence-electron chi connectivity index (χ0n) is 22.0. The van der Waals surface area contributed by atoms with E-state index in [1.54, 1.807) is 9.58 Å². The summed E-state index contributed by atoms with van der Waals surface area (Å²) in [7, 11) is 1.84. The molecule has 0 spiro atoms. The van der Waals surface area contributed by atoms with Gasteiger partial charge >= 0.3 is 0 Å². The number of aryl methyl sites for hydroxylation is 2. The highest BCUT2D eigenvalue weighted by Gasteiger charge is 2.38. The Balaban J connectivity index is 1.51. The summed E-state index contributed by atoms with van der Waals surface area (Å²) in [6, 6.07) is 10.00. The van der Waals surface area contributed by atoms with Gasteiger partial charge in [-0.05, 0) is 57.5 Å². The number of pyridine rings is 1. The van der Waals surface area contributed by atoms with Gasteiger partial charge < -0.3 is 15.0 Å². The lowest BCUT2D eigenvalue weighted by atomic mass is 9.95. The number of piperazine rings is 1. The standard InChI is InChI=1S/C28H30ClFN6O2/c1-16-11-21(26-31-15-33-35(26)5)19-7-6-8-24(25(19)34-16)38-14-22-20(12-18(30)13-23(22)29)17(2)36-10-9-32-28(3,4)27(36)37/h6-8,11-13,15,17,32H,9-10,14H2,1-5H3. The third kappa shape index (κ3) is 4.72. The number of ether oxygens (including phenoxy) is 1. The summed E-state index contributed by atoms with van der Waals surface area (Å²) in [5, 5.41) is 8.56. The monoisotopic (exact) mass is 536 g/mol. The molecular formula is C28H30ClFN6O2. The highest BCUT2D eigenvalue weighted by atomic mass is 35.5. The number of halogens is 2. The van der Waals surface area contributed by atoms with E-state index in [1.807, 2.05) is 59.0 Å². The molecule has 0 aliphatic carbocycles. The van der Waals surface area contributed by atoms with E-state index >= 15 is 0 Å². The predicted molar refractivity (Wildman–Crippen MR) is 144 cm³/mol. The van der Waals surface area contributed by atoms with Crippen molar-refractivity contribution in [1.82, 2.24) is 30.0 Å². The lowest BCUT2D eigenvalue weighted by Gasteiger charge is -2.41. The Kier molecular flexibility index (Phi) is 6.83. The second-order valence-electron chi connectivity index (χ2n) is 10.1. The van der Waals surface area contributed by atoms with Crippen molar-refractivity contribution in [3.8, 4) is 17.1 Å². The van der Waals surface area contributed by atoms with E-state index in [-0.39, 0.29) is 17.5 Å². The maximum absolute atomic E-state index is 14.5. The molecule has 10 heteroatoms. The number of nitrogens with one attached hydrogen (secondary N) is 1. The molecule has 198 valence electrons. The molecule has 8 nitrogen and oxygen atoms in total. The van der Waals surface area contributed by atoms with Crippen LogP contribution in [0.15, 0.2) is 42.7 Å². The number of para-hydroxylation sites is 1. The van der Waals surface area contributed by atoms with Crippen LogP contribution in [0.5, 0.6) is 5.75 Å². The minimum Gasteiger partial charge on any atom is -0.487 e. The third-order valence-electron chi connectivity index (χ3n) is 7.08. The summed E-state index contributed by atoms with van der Waals surface area (Å²) in [5.41, 5.74) is 2.92. The van der Waals surface area contributed by atoms with Crippen LogP contribution in [0.4, 0.5) is 4.39 Å². The highest BCUT2D eigenvalue weighted by molar-refractivity contribution is 6.31. The zero-order valence-corrected chi connectivity index (χ0v) is 22.8. The first kappa shape index (κ1) is 26.1. The molecule has 4 aromatic rings. The van der Waals surface area contributed by atoms with Gasteiger partial charge in [0.05, 0.1) is 16.6 Å². The number of amides is 1. The van der Waals surface area contributed by atoms with Gasteiger partial charge in [0.15, 0.2) is 5.82 Å². The Bertz CT molecular complexity index is 1540. The maximum atomic E-state index is 14.5. The van der Waals surface area contributed by atoms with Gasteiger partial charge in [-0.1, -0.05) is 23.7 Å². The van der Waals surface area contributed by atoms with Crippen molar-refractivity contribution in [3.05, 3.63) is 70.4 Å². The van der Waals surface area contributed by atoms with Gasteiger partial charge in [-0.2, -0.15) is 5.10 Å². The van der Waals surface area contributed by atoms with Crippen LogP contribution in [0, 0.1) is 12.7 Å². The average molecular weight is 537 g/mol. The number of nitrogens with zero attached hydrogens (tertiary/aromatic N) is 5. The first-order valence-electron chi connectivity index (χ1n) is 12.5. The number of rotatable bonds is 6. The molecule has 2 aromatic heterocycles. The molecule has 38 heavy (non-hydrogen) atoms. The molecule has 1 fully saturated rings. The fourth-order valence-corrected chi connectivity index (χ4v) is 5.32. The van der Waals surface area contributed by atoms with Crippen molar-refractivity contribution in [1.29, 1.82) is 0 Å². The molecule has 0 saturated carbocycles. The Morgan fingerprint density at radius 3 is 2.79 bits per heavy atom. The smallest absolute Gasteiger partial charge is 0.242 e. The summed E-state index contributed by atoms with van der Waals surface area (Å²) in [4.78, 5) is 24.1. The number of carbonyl (C=O) groups is 1. The fraction of sp³-hybridized carbons (Fsp3) is 0.357. The third-order valence-corrected chi connectivity index (χ3v) is 7.42. The van der Waals surface area contributed by atoms with Crippen molar-refractivity contribution < 1.29 is 13.9 Å². The molecule has 5 rings (SSSR count). The topological polar surface area (TPSA) is 85.2 Å². The summed E-state index contributed by atoms with van der Waals surface area (Å²) in [6.45, 7) is 8.74. The van der Waals surface area contributed by atoms with Crippen LogP contribution >= 0.6 is 11.6 Å². The Morgan fingerprint density at radius 1 is 1.26 bits per heavy atom. The first-order chi connectivity index (χ1) is 18.1. The minimum absolute atomic E-state index is 0.0477. The van der Waals surface area contributed by atoms with E-state index in [4.69, 9.17) is 21.3 Å². The number of aromatic nitrogens is 4. The largest absolute Gasteiger partial charge is 0.487 e. The van der Waals surface area contributed by atoms with Gasteiger partial charge in [0.2, 0.25) is 5.91 Å². The Labute approximate surface area is 225 Å². The van der Waals surface area contributed by atoms with Gasteiger partial charge in [0.1, 0.15) is 30.0 Å². The predicted octanol–water partition coefficient (Wildman–Crippen LogP) is 4.98. The van der Waals surface area contributed by atoms with Crippen LogP contribution in [0.25, 0.3) is 22.3 Å². The molecule has 1 aliphatic heterocycles. The van der Waals surface area contributed by atoms with E-state index in [1.165, 1.54) is 18.5 Å². The molecule has 1 aliphatic rings. The number of benzene rings is 2. The lowest BCUT2D eigenvalue weighted by molar-refractivity contribution is -0.142. The van der Waals surface area contributed by atoms with Crippen molar-refractivity contribution in [2.75, 3.05) is 13.1 Å². The van der Waals surface area contributed by atoms with Crippen LogP contribution in [0.2, 0.25) is 5.02 Å². The molecule has 1 N–H and O–H groups in total. The molecule has 1 amide bonds. The molecule has 0 radical (unpaired) electrons. The number of carbonyl (C=O) groups excluding carboxylic acids is 1. The van der Waals surface area contributed by atoms with Gasteiger partial charge in [0, 0.05) is 42.3 Å². The minimum atomic E-state index is -0.701. The van der Waals surface area contributed by atoms with E-state index in [0.717, 1.165) is 22.5 Å². The summed E-state index contributed by atoms with van der Waals surface area (Å²) in [5.74, 6) is 0.777. The van der Waals surface area contributed by atoms with Crippen LogP contribution in [0.3, 0.4) is 0 Å². The molecule has 2 aromatic carbocycles. The van der Waals surface area contributed by atoms with E-state index in [9.17, 15) is 9.18 Å². The van der Waals surface area contributed by atoms with E-state index in [0.29, 0.717) is 35.5 Å².